The molecular formula is C14H21NS. The third-order valence-corrected chi connectivity index (χ3v) is 4.41. The number of hydrogen-bond donors (Lipinski definition) is 1. The van der Waals surface area contributed by atoms with Crippen molar-refractivity contribution in [3.8, 4) is 0 Å². The first-order valence-electron chi connectivity index (χ1n) is 5.94. The van der Waals surface area contributed by atoms with Crippen molar-refractivity contribution in [1.29, 1.82) is 0 Å². The smallest absolute Gasteiger partial charge is 0.0316 e. The van der Waals surface area contributed by atoms with Gasteiger partial charge in [0.15, 0.2) is 0 Å². The van der Waals surface area contributed by atoms with E-state index in [0.717, 1.165) is 6.42 Å². The molecule has 1 aromatic carbocycles. The van der Waals surface area contributed by atoms with Gasteiger partial charge in [0, 0.05) is 16.2 Å². The molecule has 2 unspecified atom stereocenters. The lowest BCUT2D eigenvalue weighted by atomic mass is 9.85. The summed E-state index contributed by atoms with van der Waals surface area (Å²) in [5.41, 5.74) is 9.18. The van der Waals surface area contributed by atoms with Crippen LogP contribution >= 0.6 is 11.8 Å². The standard InChI is InChI=1S/C14H21NS/c1-9-7-12(15)11-8-10(14(2,3)4)5-6-13(11)16-9/h5-6,8-9,12H,7,15H2,1-4H3. The minimum atomic E-state index is 0.211. The summed E-state index contributed by atoms with van der Waals surface area (Å²) in [6.07, 6.45) is 1.09. The summed E-state index contributed by atoms with van der Waals surface area (Å²) in [4.78, 5) is 1.37. The summed E-state index contributed by atoms with van der Waals surface area (Å²) < 4.78 is 0. The van der Waals surface area contributed by atoms with Crippen LogP contribution in [0.2, 0.25) is 0 Å². The second-order valence-electron chi connectivity index (χ2n) is 5.77. The lowest BCUT2D eigenvalue weighted by Gasteiger charge is -2.29. The summed E-state index contributed by atoms with van der Waals surface area (Å²) in [7, 11) is 0. The monoisotopic (exact) mass is 235 g/mol. The molecule has 88 valence electrons. The average molecular weight is 235 g/mol. The van der Waals surface area contributed by atoms with Crippen molar-refractivity contribution in [2.24, 2.45) is 5.73 Å². The van der Waals surface area contributed by atoms with Crippen LogP contribution in [-0.4, -0.2) is 5.25 Å². The molecule has 1 aromatic rings. The van der Waals surface area contributed by atoms with Crippen molar-refractivity contribution >= 4 is 11.8 Å². The molecule has 2 atom stereocenters. The van der Waals surface area contributed by atoms with Gasteiger partial charge in [0.25, 0.3) is 0 Å². The van der Waals surface area contributed by atoms with Gasteiger partial charge in [0.1, 0.15) is 0 Å². The highest BCUT2D eigenvalue weighted by molar-refractivity contribution is 8.00. The molecule has 1 aliphatic rings. The lowest BCUT2D eigenvalue weighted by Crippen LogP contribution is -2.21. The first-order chi connectivity index (χ1) is 7.38. The second-order valence-corrected chi connectivity index (χ2v) is 7.25. The first-order valence-corrected chi connectivity index (χ1v) is 6.82. The summed E-state index contributed by atoms with van der Waals surface area (Å²) in [6, 6.07) is 7.01. The quantitative estimate of drug-likeness (QED) is 0.739. The van der Waals surface area contributed by atoms with Gasteiger partial charge in [-0.05, 0) is 29.0 Å². The third-order valence-electron chi connectivity index (χ3n) is 3.19. The zero-order chi connectivity index (χ0) is 11.9. The van der Waals surface area contributed by atoms with Crippen LogP contribution in [0, 0.1) is 0 Å². The van der Waals surface area contributed by atoms with Crippen molar-refractivity contribution in [2.75, 3.05) is 0 Å². The number of benzene rings is 1. The van der Waals surface area contributed by atoms with Gasteiger partial charge >= 0.3 is 0 Å². The molecule has 0 saturated heterocycles. The van der Waals surface area contributed by atoms with E-state index in [0.29, 0.717) is 5.25 Å². The molecule has 16 heavy (non-hydrogen) atoms. The molecule has 0 radical (unpaired) electrons. The van der Waals surface area contributed by atoms with Gasteiger partial charge in [-0.2, -0.15) is 0 Å². The van der Waals surface area contributed by atoms with Crippen LogP contribution in [0.1, 0.15) is 51.3 Å². The maximum Gasteiger partial charge on any atom is 0.0316 e. The molecule has 0 amide bonds. The van der Waals surface area contributed by atoms with E-state index in [1.54, 1.807) is 0 Å². The Balaban J connectivity index is 2.42. The molecule has 1 nitrogen and oxygen atoms in total. The Morgan fingerprint density at radius 3 is 2.62 bits per heavy atom. The molecule has 0 bridgehead atoms. The van der Waals surface area contributed by atoms with E-state index in [-0.39, 0.29) is 11.5 Å². The lowest BCUT2D eigenvalue weighted by molar-refractivity contribution is 0.579. The van der Waals surface area contributed by atoms with Crippen LogP contribution < -0.4 is 5.73 Å². The van der Waals surface area contributed by atoms with Gasteiger partial charge in [-0.3, -0.25) is 0 Å². The van der Waals surface area contributed by atoms with Gasteiger partial charge < -0.3 is 5.73 Å². The molecule has 0 spiro atoms. The minimum Gasteiger partial charge on any atom is -0.324 e. The van der Waals surface area contributed by atoms with E-state index in [9.17, 15) is 0 Å². The van der Waals surface area contributed by atoms with Crippen LogP contribution in [-0.2, 0) is 5.41 Å². The zero-order valence-corrected chi connectivity index (χ0v) is 11.4. The van der Waals surface area contributed by atoms with Crippen molar-refractivity contribution in [1.82, 2.24) is 0 Å². The van der Waals surface area contributed by atoms with Crippen molar-refractivity contribution in [3.63, 3.8) is 0 Å². The van der Waals surface area contributed by atoms with Gasteiger partial charge in [0.2, 0.25) is 0 Å². The van der Waals surface area contributed by atoms with E-state index >= 15 is 0 Å². The van der Waals surface area contributed by atoms with Crippen molar-refractivity contribution in [2.45, 2.75) is 55.7 Å². The molecule has 0 aromatic heterocycles. The molecule has 1 aliphatic heterocycles. The highest BCUT2D eigenvalue weighted by atomic mass is 32.2. The Hall–Kier alpha value is -0.470. The van der Waals surface area contributed by atoms with Crippen LogP contribution in [0.25, 0.3) is 0 Å². The van der Waals surface area contributed by atoms with Crippen LogP contribution in [0.3, 0.4) is 0 Å². The maximum absolute atomic E-state index is 6.24. The molecule has 0 fully saturated rings. The van der Waals surface area contributed by atoms with E-state index in [1.165, 1.54) is 16.0 Å². The van der Waals surface area contributed by atoms with Crippen molar-refractivity contribution < 1.29 is 0 Å². The molecule has 2 rings (SSSR count). The van der Waals surface area contributed by atoms with Gasteiger partial charge in [-0.1, -0.05) is 39.8 Å². The number of rotatable bonds is 0. The predicted molar refractivity (Wildman–Crippen MR) is 72.0 cm³/mol. The summed E-state index contributed by atoms with van der Waals surface area (Å²) >= 11 is 1.95. The fourth-order valence-electron chi connectivity index (χ4n) is 2.16. The fraction of sp³-hybridized carbons (Fsp3) is 0.571. The molecule has 1 heterocycles. The zero-order valence-electron chi connectivity index (χ0n) is 10.6. The Morgan fingerprint density at radius 1 is 1.31 bits per heavy atom. The maximum atomic E-state index is 6.24. The fourth-order valence-corrected chi connectivity index (χ4v) is 3.39. The average Bonchev–Trinajstić information content (AvgIpc) is 2.15. The first kappa shape index (κ1) is 12.0. The highest BCUT2D eigenvalue weighted by Crippen LogP contribution is 2.41. The number of hydrogen-bond acceptors (Lipinski definition) is 2. The number of fused-ring (bicyclic) bond motifs is 1. The Labute approximate surface area is 103 Å². The van der Waals surface area contributed by atoms with Gasteiger partial charge in [-0.15, -0.1) is 11.8 Å². The van der Waals surface area contributed by atoms with Gasteiger partial charge in [0.05, 0.1) is 0 Å². The van der Waals surface area contributed by atoms with Crippen molar-refractivity contribution in [3.05, 3.63) is 29.3 Å². The van der Waals surface area contributed by atoms with Crippen LogP contribution in [0.15, 0.2) is 23.1 Å². The number of nitrogens with two attached hydrogens (primary N) is 1. The molecule has 0 aliphatic carbocycles. The summed E-state index contributed by atoms with van der Waals surface area (Å²) in [5.74, 6) is 0. The predicted octanol–water partition coefficient (Wildman–Crippen LogP) is 3.87. The Kier molecular flexibility index (Phi) is 3.06. The largest absolute Gasteiger partial charge is 0.324 e. The molecule has 2 heteroatoms. The van der Waals surface area contributed by atoms with E-state index < -0.39 is 0 Å². The molecular weight excluding hydrogens is 214 g/mol. The molecule has 0 saturated carbocycles. The van der Waals surface area contributed by atoms with Crippen LogP contribution in [0.4, 0.5) is 0 Å². The summed E-state index contributed by atoms with van der Waals surface area (Å²) in [6.45, 7) is 9.00. The SMILES string of the molecule is CC1CC(N)c2cc(C(C)(C)C)ccc2S1. The normalized spacial score (nSPS) is 25.3. The van der Waals surface area contributed by atoms with E-state index in [1.807, 2.05) is 11.8 Å². The van der Waals surface area contributed by atoms with Crippen LogP contribution in [0.5, 0.6) is 0 Å². The second kappa shape index (κ2) is 4.08. The Bertz CT molecular complexity index is 392. The van der Waals surface area contributed by atoms with E-state index in [4.69, 9.17) is 5.73 Å². The highest BCUT2D eigenvalue weighted by Gasteiger charge is 2.24. The topological polar surface area (TPSA) is 26.0 Å². The minimum absolute atomic E-state index is 0.211. The summed E-state index contributed by atoms with van der Waals surface area (Å²) in [5, 5.41) is 0.642. The third kappa shape index (κ3) is 2.28. The molecule has 2 N–H and O–H groups in total. The van der Waals surface area contributed by atoms with E-state index in [2.05, 4.69) is 45.9 Å². The Morgan fingerprint density at radius 2 is 2.00 bits per heavy atom. The van der Waals surface area contributed by atoms with Gasteiger partial charge in [-0.25, -0.2) is 0 Å². The number of thioether (sulfide) groups is 1.